The van der Waals surface area contributed by atoms with Crippen molar-refractivity contribution < 1.29 is 37.9 Å². The second-order valence-corrected chi connectivity index (χ2v) is 21.0. The second kappa shape index (κ2) is 26.1. The molecule has 27 nitrogen and oxygen atoms in total. The predicted molar refractivity (Wildman–Crippen MR) is 307 cm³/mol. The number of amides is 2. The number of hydrazine groups is 2. The number of nitrogens with one attached hydrogen (secondary N) is 2. The summed E-state index contributed by atoms with van der Waals surface area (Å²) in [5.41, 5.74) is 31.5. The van der Waals surface area contributed by atoms with Gasteiger partial charge in [-0.3, -0.25) is 44.5 Å². The van der Waals surface area contributed by atoms with Crippen LogP contribution in [0.2, 0.25) is 15.1 Å². The van der Waals surface area contributed by atoms with Crippen molar-refractivity contribution in [3.05, 3.63) is 66.4 Å². The Kier molecular flexibility index (Phi) is 21.2. The van der Waals surface area contributed by atoms with Gasteiger partial charge in [0.1, 0.15) is 43.8 Å². The van der Waals surface area contributed by atoms with E-state index in [0.717, 1.165) is 51.4 Å². The molecule has 0 radical (unpaired) electrons. The summed E-state index contributed by atoms with van der Waals surface area (Å²) in [7, 11) is 2.32. The molecule has 0 aliphatic carbocycles. The van der Waals surface area contributed by atoms with Crippen LogP contribution in [0, 0.1) is 31.6 Å². The van der Waals surface area contributed by atoms with Crippen LogP contribution in [0.4, 0.5) is 39.9 Å². The first-order valence-corrected chi connectivity index (χ1v) is 26.5. The van der Waals surface area contributed by atoms with Gasteiger partial charge in [0.25, 0.3) is 27.5 Å². The lowest BCUT2D eigenvalue weighted by Crippen LogP contribution is -2.41. The van der Waals surface area contributed by atoms with Crippen molar-refractivity contribution in [2.75, 3.05) is 122 Å². The van der Waals surface area contributed by atoms with E-state index in [1.807, 2.05) is 21.1 Å². The molecular formula is C47H69Cl3N18O9S. The first kappa shape index (κ1) is 63.5. The van der Waals surface area contributed by atoms with Crippen LogP contribution in [-0.4, -0.2) is 200 Å². The van der Waals surface area contributed by atoms with Crippen molar-refractivity contribution in [2.24, 2.45) is 9.98 Å². The number of aromatic nitrogens is 2. The molecule has 0 atom stereocenters. The quantitative estimate of drug-likeness (QED) is 0.102. The number of benzene rings is 3. The van der Waals surface area contributed by atoms with Gasteiger partial charge in [-0.05, 0) is 76.8 Å². The molecule has 3 aromatic carbocycles. The number of anilines is 5. The minimum absolute atomic E-state index is 0. The summed E-state index contributed by atoms with van der Waals surface area (Å²) in [6.07, 6.45) is 0.715. The van der Waals surface area contributed by atoms with Gasteiger partial charge in [-0.2, -0.15) is 8.42 Å². The molecular weight excluding hydrogens is 1100 g/mol. The summed E-state index contributed by atoms with van der Waals surface area (Å²) in [5, 5.41) is 52.0. The van der Waals surface area contributed by atoms with Gasteiger partial charge in [0.2, 0.25) is 0 Å². The number of fused-ring (bicyclic) bond motifs is 3. The zero-order valence-electron chi connectivity index (χ0n) is 43.5. The summed E-state index contributed by atoms with van der Waals surface area (Å²) in [6.45, 7) is 13.3. The van der Waals surface area contributed by atoms with E-state index in [1.54, 1.807) is 64.4 Å². The first-order chi connectivity index (χ1) is 35.8. The molecule has 0 bridgehead atoms. The first-order valence-electron chi connectivity index (χ1n) is 23.5. The molecule has 0 spiro atoms. The normalized spacial score (nSPS) is 17.9. The predicted octanol–water partition coefficient (Wildman–Crippen LogP) is 2.82. The zero-order valence-corrected chi connectivity index (χ0v) is 46.6. The fraction of sp³-hybridized carbons (Fsp3) is 0.426. The Labute approximate surface area is 466 Å². The monoisotopic (exact) mass is 1170 g/mol. The standard InChI is InChI=1S/2C15H19ClN6O2.C8H15N5O.C7H8ClNO.CH4O3S.CH4/c2*1-8-7-9(11(17)10(16)13(8)23)19-12-14(18)21-5-3-20(2)4-6-22(21)15(12)24;1-11-2-4-12-7(10)6(9)8(14)13(12)5-3-11;1-4-2-3-5(9)6(8)7(4)10;1-5(2,3)4;/h2*7,18,23H,3-6,17H2,1-2H3;2-5,9-10H2,1H3;2-3,10H,9H2,1H3;1H3,(H,2,3,4);1H4. The molecule has 4 fully saturated rings. The maximum atomic E-state index is 12.6. The smallest absolute Gasteiger partial charge is 0.294 e. The second-order valence-electron chi connectivity index (χ2n) is 18.4. The Bertz CT molecular complexity index is 2990. The number of hydrogen-bond acceptors (Lipinski definition) is 20. The molecule has 0 unspecified atom stereocenters. The molecule has 31 heteroatoms. The van der Waals surface area contributed by atoms with E-state index in [-0.39, 0.29) is 109 Å². The third kappa shape index (κ3) is 14.5. The van der Waals surface area contributed by atoms with E-state index in [2.05, 4.69) is 24.7 Å². The summed E-state index contributed by atoms with van der Waals surface area (Å²) >= 11 is 17.6. The molecule has 5 aliphatic rings. The topological polar surface area (TPSA) is 401 Å². The molecule has 1 aromatic heterocycles. The number of hydrogen-bond donors (Lipinski definition) is 11. The van der Waals surface area contributed by atoms with Gasteiger partial charge >= 0.3 is 0 Å². The average molecular weight is 1170 g/mol. The molecule has 4 saturated heterocycles. The third-order valence-electron chi connectivity index (χ3n) is 12.6. The lowest BCUT2D eigenvalue weighted by atomic mass is 10.1. The number of nitrogens with two attached hydrogens (primary N) is 5. The van der Waals surface area contributed by atoms with Crippen molar-refractivity contribution in [2.45, 2.75) is 41.3 Å². The third-order valence-corrected chi connectivity index (χ3v) is 13.8. The minimum Gasteiger partial charge on any atom is -0.506 e. The fourth-order valence-electron chi connectivity index (χ4n) is 7.91. The number of aliphatic imine (C=N–C) groups is 2. The van der Waals surface area contributed by atoms with Crippen molar-refractivity contribution in [3.8, 4) is 17.2 Å². The highest BCUT2D eigenvalue weighted by atomic mass is 35.5. The van der Waals surface area contributed by atoms with Crippen molar-refractivity contribution in [1.29, 1.82) is 10.8 Å². The average Bonchev–Trinajstić information content (AvgIpc) is 3.58. The Hall–Kier alpha value is -7.05. The van der Waals surface area contributed by atoms with Gasteiger partial charge in [0.05, 0.1) is 74.0 Å². The number of likely N-dealkylation sites (N-methyl/N-ethyl adjacent to an activating group) is 3. The van der Waals surface area contributed by atoms with E-state index in [0.29, 0.717) is 61.6 Å². The molecule has 6 heterocycles. The van der Waals surface area contributed by atoms with Crippen LogP contribution in [0.3, 0.4) is 0 Å². The number of aromatic hydroxyl groups is 3. The van der Waals surface area contributed by atoms with Crippen LogP contribution in [0.1, 0.15) is 24.1 Å². The Balaban J connectivity index is 0.000000227. The number of carbonyl (C=O) groups excluding carboxylic acids is 2. The Morgan fingerprint density at radius 3 is 1.24 bits per heavy atom. The van der Waals surface area contributed by atoms with Crippen molar-refractivity contribution in [3.63, 3.8) is 0 Å². The molecule has 2 amide bonds. The number of carbonyl (C=O) groups is 2. The molecule has 0 saturated carbocycles. The number of aryl methyl sites for hydroxylation is 3. The number of halogens is 3. The highest BCUT2D eigenvalue weighted by molar-refractivity contribution is 7.85. The number of amidine groups is 2. The van der Waals surface area contributed by atoms with Crippen LogP contribution in [-0.2, 0) is 32.8 Å². The number of nitrogens with zero attached hydrogens (tertiary/aromatic N) is 11. The molecule has 78 heavy (non-hydrogen) atoms. The van der Waals surface area contributed by atoms with Gasteiger partial charge in [0, 0.05) is 39.3 Å². The maximum absolute atomic E-state index is 12.6. The highest BCUT2D eigenvalue weighted by Crippen LogP contribution is 2.41. The molecule has 9 rings (SSSR count). The number of rotatable bonds is 2. The summed E-state index contributed by atoms with van der Waals surface area (Å²) in [4.78, 5) is 51.8. The van der Waals surface area contributed by atoms with Gasteiger partial charge in [-0.1, -0.05) is 48.3 Å². The number of phenolic OH excluding ortho intramolecular Hbond substituents is 3. The van der Waals surface area contributed by atoms with E-state index in [4.69, 9.17) is 78.8 Å². The lowest BCUT2D eigenvalue weighted by molar-refractivity contribution is -0.132. The van der Waals surface area contributed by atoms with Gasteiger partial charge in [0.15, 0.2) is 23.1 Å². The summed E-state index contributed by atoms with van der Waals surface area (Å²) in [6, 6.07) is 6.49. The maximum Gasteiger partial charge on any atom is 0.294 e. The van der Waals surface area contributed by atoms with Crippen LogP contribution in [0.15, 0.2) is 39.0 Å². The van der Waals surface area contributed by atoms with Crippen molar-refractivity contribution in [1.82, 2.24) is 44.1 Å². The molecule has 16 N–H and O–H groups in total. The van der Waals surface area contributed by atoms with Crippen LogP contribution >= 0.6 is 34.8 Å². The number of nitrogen functional groups attached to an aromatic ring is 5. The number of phenols is 3. The van der Waals surface area contributed by atoms with E-state index >= 15 is 0 Å². The SMILES string of the molecule is C.CN1CCn2c(N)c(N)c(=O)n2CC1.CS(=O)(=O)O.Cc1cc(N=C2C(=N)N3CCN(C)CCN3C2=O)c(N)c(Cl)c1O.Cc1cc(N=C2C(=N)N3CCN(C)CCN3C2=O)c(N)c(Cl)c1O.Cc1ccc(N)c(Cl)c1O. The Morgan fingerprint density at radius 1 is 0.538 bits per heavy atom. The fourth-order valence-corrected chi connectivity index (χ4v) is 8.62. The van der Waals surface area contributed by atoms with Crippen LogP contribution < -0.4 is 34.2 Å². The minimum atomic E-state index is -3.67. The van der Waals surface area contributed by atoms with Gasteiger partial charge < -0.3 is 58.7 Å². The van der Waals surface area contributed by atoms with Crippen molar-refractivity contribution >= 4 is 120 Å². The summed E-state index contributed by atoms with van der Waals surface area (Å²) < 4.78 is 29.3. The Morgan fingerprint density at radius 2 is 0.872 bits per heavy atom. The molecule has 428 valence electrons. The molecule has 5 aliphatic heterocycles. The van der Waals surface area contributed by atoms with E-state index in [9.17, 15) is 38.1 Å². The van der Waals surface area contributed by atoms with E-state index < -0.39 is 10.1 Å². The van der Waals surface area contributed by atoms with Gasteiger partial charge in [-0.25, -0.2) is 24.7 Å². The zero-order chi connectivity index (χ0) is 57.7. The highest BCUT2D eigenvalue weighted by Gasteiger charge is 2.42. The van der Waals surface area contributed by atoms with E-state index in [1.165, 1.54) is 10.0 Å². The van der Waals surface area contributed by atoms with Crippen LogP contribution in [0.5, 0.6) is 17.2 Å². The lowest BCUT2D eigenvalue weighted by Gasteiger charge is -2.24. The van der Waals surface area contributed by atoms with Gasteiger partial charge in [-0.15, -0.1) is 0 Å². The van der Waals surface area contributed by atoms with Crippen LogP contribution in [0.25, 0.3) is 0 Å². The molecule has 4 aromatic rings. The summed E-state index contributed by atoms with van der Waals surface area (Å²) in [5.74, 6) is -0.286. The largest absolute Gasteiger partial charge is 0.506 e.